The second kappa shape index (κ2) is 5.79. The Bertz CT molecular complexity index is 694. The molecule has 0 aliphatic rings. The molecular weight excluding hydrogens is 268 g/mol. The molecule has 0 unspecified atom stereocenters. The Morgan fingerprint density at radius 3 is 3.00 bits per heavy atom. The molecule has 0 aliphatic carbocycles. The van der Waals surface area contributed by atoms with Crippen LogP contribution in [0.2, 0.25) is 0 Å². The summed E-state index contributed by atoms with van der Waals surface area (Å²) in [6.07, 6.45) is 3.25. The van der Waals surface area contributed by atoms with Crippen LogP contribution in [0.15, 0.2) is 48.2 Å². The Labute approximate surface area is 121 Å². The lowest BCUT2D eigenvalue weighted by molar-refractivity contribution is 1.04. The standard InChI is InChI=1S/C15H14N4S/c1-11-3-2-4-12(7-11)15-19-13(9-20-15)8-17-14-5-6-16-10-18-14/h2-7,9-10H,8H2,1H3,(H,16,17,18). The molecule has 0 spiro atoms. The van der Waals surface area contributed by atoms with Crippen LogP contribution in [0.5, 0.6) is 0 Å². The molecule has 0 aliphatic heterocycles. The number of nitrogens with one attached hydrogen (secondary N) is 1. The highest BCUT2D eigenvalue weighted by molar-refractivity contribution is 7.13. The number of thiazole rings is 1. The lowest BCUT2D eigenvalue weighted by Gasteiger charge is -2.01. The number of aromatic nitrogens is 3. The minimum atomic E-state index is 0.666. The molecular formula is C15H14N4S. The van der Waals surface area contributed by atoms with Gasteiger partial charge in [-0.25, -0.2) is 15.0 Å². The van der Waals surface area contributed by atoms with Crippen LogP contribution in [0.4, 0.5) is 5.82 Å². The SMILES string of the molecule is Cc1cccc(-c2nc(CNc3ccncn3)cs2)c1. The van der Waals surface area contributed by atoms with Gasteiger partial charge in [-0.3, -0.25) is 0 Å². The van der Waals surface area contributed by atoms with Crippen molar-refractivity contribution in [3.05, 3.63) is 59.5 Å². The molecule has 3 rings (SSSR count). The third-order valence-corrected chi connectivity index (χ3v) is 3.79. The first-order chi connectivity index (χ1) is 9.81. The molecule has 0 radical (unpaired) electrons. The largest absolute Gasteiger partial charge is 0.364 e. The Kier molecular flexibility index (Phi) is 3.69. The van der Waals surface area contributed by atoms with Crippen molar-refractivity contribution in [2.75, 3.05) is 5.32 Å². The Morgan fingerprint density at radius 2 is 2.20 bits per heavy atom. The van der Waals surface area contributed by atoms with Crippen LogP contribution in [-0.4, -0.2) is 15.0 Å². The van der Waals surface area contributed by atoms with E-state index in [-0.39, 0.29) is 0 Å². The molecule has 0 saturated carbocycles. The summed E-state index contributed by atoms with van der Waals surface area (Å²) in [5.74, 6) is 0.810. The molecule has 20 heavy (non-hydrogen) atoms. The van der Waals surface area contributed by atoms with Gasteiger partial charge in [0, 0.05) is 17.1 Å². The van der Waals surface area contributed by atoms with Gasteiger partial charge in [-0.1, -0.05) is 23.8 Å². The minimum Gasteiger partial charge on any atom is -0.364 e. The van der Waals surface area contributed by atoms with Crippen molar-refractivity contribution in [2.24, 2.45) is 0 Å². The predicted octanol–water partition coefficient (Wildman–Crippen LogP) is 3.52. The van der Waals surface area contributed by atoms with Gasteiger partial charge in [0.25, 0.3) is 0 Å². The summed E-state index contributed by atoms with van der Waals surface area (Å²) in [5.41, 5.74) is 3.44. The maximum Gasteiger partial charge on any atom is 0.129 e. The average molecular weight is 282 g/mol. The van der Waals surface area contributed by atoms with Gasteiger partial charge in [0.1, 0.15) is 17.2 Å². The fourth-order valence-corrected chi connectivity index (χ4v) is 2.69. The van der Waals surface area contributed by atoms with Crippen LogP contribution in [-0.2, 0) is 6.54 Å². The lowest BCUT2D eigenvalue weighted by Crippen LogP contribution is -2.01. The Hall–Kier alpha value is -2.27. The van der Waals surface area contributed by atoms with E-state index in [4.69, 9.17) is 0 Å². The first-order valence-electron chi connectivity index (χ1n) is 6.32. The highest BCUT2D eigenvalue weighted by Crippen LogP contribution is 2.24. The van der Waals surface area contributed by atoms with E-state index in [9.17, 15) is 0 Å². The van der Waals surface area contributed by atoms with Gasteiger partial charge < -0.3 is 5.32 Å². The number of nitrogens with zero attached hydrogens (tertiary/aromatic N) is 3. The van der Waals surface area contributed by atoms with Gasteiger partial charge in [0.15, 0.2) is 0 Å². The fraction of sp³-hybridized carbons (Fsp3) is 0.133. The fourth-order valence-electron chi connectivity index (χ4n) is 1.88. The summed E-state index contributed by atoms with van der Waals surface area (Å²) in [5, 5.41) is 6.35. The molecule has 1 N–H and O–H groups in total. The average Bonchev–Trinajstić information content (AvgIpc) is 2.95. The quantitative estimate of drug-likeness (QED) is 0.795. The van der Waals surface area contributed by atoms with Gasteiger partial charge in [-0.05, 0) is 19.1 Å². The molecule has 0 atom stereocenters. The van der Waals surface area contributed by atoms with Gasteiger partial charge in [-0.15, -0.1) is 11.3 Å². The van der Waals surface area contributed by atoms with E-state index >= 15 is 0 Å². The van der Waals surface area contributed by atoms with Gasteiger partial charge in [0.05, 0.1) is 12.2 Å². The van der Waals surface area contributed by atoms with Gasteiger partial charge >= 0.3 is 0 Å². The summed E-state index contributed by atoms with van der Waals surface area (Å²) in [6.45, 7) is 2.76. The van der Waals surface area contributed by atoms with E-state index in [1.54, 1.807) is 17.5 Å². The number of benzene rings is 1. The van der Waals surface area contributed by atoms with E-state index in [0.717, 1.165) is 16.5 Å². The Morgan fingerprint density at radius 1 is 1.25 bits per heavy atom. The van der Waals surface area contributed by atoms with E-state index in [1.807, 2.05) is 6.07 Å². The van der Waals surface area contributed by atoms with Gasteiger partial charge in [-0.2, -0.15) is 0 Å². The maximum atomic E-state index is 4.65. The summed E-state index contributed by atoms with van der Waals surface area (Å²) < 4.78 is 0. The molecule has 0 saturated heterocycles. The van der Waals surface area contributed by atoms with Crippen molar-refractivity contribution in [1.82, 2.24) is 15.0 Å². The first-order valence-corrected chi connectivity index (χ1v) is 7.20. The zero-order chi connectivity index (χ0) is 13.8. The summed E-state index contributed by atoms with van der Waals surface area (Å²) in [6, 6.07) is 10.2. The van der Waals surface area contributed by atoms with Crippen LogP contribution in [0.3, 0.4) is 0 Å². The smallest absolute Gasteiger partial charge is 0.129 e. The zero-order valence-electron chi connectivity index (χ0n) is 11.1. The monoisotopic (exact) mass is 282 g/mol. The van der Waals surface area contributed by atoms with Crippen molar-refractivity contribution in [2.45, 2.75) is 13.5 Å². The van der Waals surface area contributed by atoms with Crippen molar-refractivity contribution in [3.63, 3.8) is 0 Å². The van der Waals surface area contributed by atoms with Crippen molar-refractivity contribution in [3.8, 4) is 10.6 Å². The molecule has 2 heterocycles. The predicted molar refractivity (Wildman–Crippen MR) is 81.6 cm³/mol. The third-order valence-electron chi connectivity index (χ3n) is 2.85. The number of hydrogen-bond donors (Lipinski definition) is 1. The molecule has 0 bridgehead atoms. The van der Waals surface area contributed by atoms with Crippen molar-refractivity contribution < 1.29 is 0 Å². The molecule has 3 aromatic rings. The number of rotatable bonds is 4. The van der Waals surface area contributed by atoms with Crippen LogP contribution in [0.25, 0.3) is 10.6 Å². The highest BCUT2D eigenvalue weighted by Gasteiger charge is 2.05. The van der Waals surface area contributed by atoms with Crippen LogP contribution in [0.1, 0.15) is 11.3 Å². The van der Waals surface area contributed by atoms with Crippen LogP contribution >= 0.6 is 11.3 Å². The maximum absolute atomic E-state index is 4.65. The summed E-state index contributed by atoms with van der Waals surface area (Å²) in [7, 11) is 0. The molecule has 4 nitrogen and oxygen atoms in total. The first kappa shape index (κ1) is 12.7. The molecule has 0 fully saturated rings. The van der Waals surface area contributed by atoms with E-state index in [2.05, 4.69) is 56.8 Å². The highest BCUT2D eigenvalue weighted by atomic mass is 32.1. The molecule has 0 amide bonds. The van der Waals surface area contributed by atoms with Gasteiger partial charge in [0.2, 0.25) is 0 Å². The number of aryl methyl sites for hydroxylation is 1. The van der Waals surface area contributed by atoms with Crippen molar-refractivity contribution in [1.29, 1.82) is 0 Å². The molecule has 2 aromatic heterocycles. The second-order valence-electron chi connectivity index (χ2n) is 4.46. The normalized spacial score (nSPS) is 10.4. The Balaban J connectivity index is 1.71. The number of hydrogen-bond acceptors (Lipinski definition) is 5. The topological polar surface area (TPSA) is 50.7 Å². The summed E-state index contributed by atoms with van der Waals surface area (Å²) >= 11 is 1.66. The molecule has 100 valence electrons. The second-order valence-corrected chi connectivity index (χ2v) is 5.32. The van der Waals surface area contributed by atoms with E-state index < -0.39 is 0 Å². The van der Waals surface area contributed by atoms with E-state index in [1.165, 1.54) is 17.5 Å². The lowest BCUT2D eigenvalue weighted by atomic mass is 10.1. The molecule has 5 heteroatoms. The minimum absolute atomic E-state index is 0.666. The van der Waals surface area contributed by atoms with Crippen LogP contribution in [0, 0.1) is 6.92 Å². The van der Waals surface area contributed by atoms with Crippen molar-refractivity contribution >= 4 is 17.2 Å². The van der Waals surface area contributed by atoms with Crippen LogP contribution < -0.4 is 5.32 Å². The number of anilines is 1. The summed E-state index contributed by atoms with van der Waals surface area (Å²) in [4.78, 5) is 12.7. The zero-order valence-corrected chi connectivity index (χ0v) is 11.9. The van der Waals surface area contributed by atoms with E-state index in [0.29, 0.717) is 6.54 Å². The third kappa shape index (κ3) is 3.00. The molecule has 1 aromatic carbocycles.